The molecule has 8 nitrogen and oxygen atoms in total. The van der Waals surface area contributed by atoms with Gasteiger partial charge in [-0.2, -0.15) is 5.10 Å². The van der Waals surface area contributed by atoms with Gasteiger partial charge in [0.15, 0.2) is 0 Å². The number of benzene rings is 3. The van der Waals surface area contributed by atoms with Gasteiger partial charge in [-0.1, -0.05) is 35.9 Å². The summed E-state index contributed by atoms with van der Waals surface area (Å²) >= 11 is 0. The predicted molar refractivity (Wildman–Crippen MR) is 132 cm³/mol. The van der Waals surface area contributed by atoms with Crippen molar-refractivity contribution in [2.75, 3.05) is 25.1 Å². The first-order valence-electron chi connectivity index (χ1n) is 10.4. The number of carbonyl (C=O) groups excluding carboxylic acids is 1. The second-order valence-corrected chi connectivity index (χ2v) is 9.37. The van der Waals surface area contributed by atoms with Gasteiger partial charge in [0.1, 0.15) is 18.0 Å². The van der Waals surface area contributed by atoms with Gasteiger partial charge in [-0.25, -0.2) is 13.8 Å². The van der Waals surface area contributed by atoms with Crippen LogP contribution >= 0.6 is 0 Å². The fourth-order valence-electron chi connectivity index (χ4n) is 3.26. The molecule has 0 saturated heterocycles. The summed E-state index contributed by atoms with van der Waals surface area (Å²) in [4.78, 5) is 12.8. The Morgan fingerprint density at radius 2 is 1.71 bits per heavy atom. The van der Waals surface area contributed by atoms with Gasteiger partial charge in [0.05, 0.1) is 31.0 Å². The van der Waals surface area contributed by atoms with E-state index >= 15 is 0 Å². The Morgan fingerprint density at radius 1 is 1.00 bits per heavy atom. The van der Waals surface area contributed by atoms with E-state index in [-0.39, 0.29) is 4.90 Å². The molecule has 0 saturated carbocycles. The second-order valence-electron chi connectivity index (χ2n) is 7.51. The molecule has 1 N–H and O–H groups in total. The highest BCUT2D eigenvalue weighted by molar-refractivity contribution is 7.92. The molecule has 34 heavy (non-hydrogen) atoms. The summed E-state index contributed by atoms with van der Waals surface area (Å²) in [5.74, 6) is 0.544. The molecule has 0 aliphatic heterocycles. The number of para-hydroxylation sites is 1. The summed E-state index contributed by atoms with van der Waals surface area (Å²) in [6, 6.07) is 18.6. The number of nitrogens with one attached hydrogen (secondary N) is 1. The summed E-state index contributed by atoms with van der Waals surface area (Å²) in [5.41, 5.74) is 5.05. The number of rotatable bonds is 9. The van der Waals surface area contributed by atoms with Crippen molar-refractivity contribution in [1.29, 1.82) is 0 Å². The highest BCUT2D eigenvalue weighted by atomic mass is 32.2. The minimum absolute atomic E-state index is 0.0961. The molecule has 0 radical (unpaired) electrons. The fourth-order valence-corrected chi connectivity index (χ4v) is 4.75. The molecule has 3 rings (SSSR count). The summed E-state index contributed by atoms with van der Waals surface area (Å²) in [7, 11) is -0.939. The van der Waals surface area contributed by atoms with Gasteiger partial charge < -0.3 is 9.47 Å². The number of hydrazone groups is 1. The van der Waals surface area contributed by atoms with E-state index in [1.54, 1.807) is 68.6 Å². The molecule has 3 aromatic carbocycles. The quantitative estimate of drug-likeness (QED) is 0.372. The van der Waals surface area contributed by atoms with Crippen LogP contribution in [0.5, 0.6) is 11.5 Å². The van der Waals surface area contributed by atoms with E-state index in [9.17, 15) is 13.2 Å². The third-order valence-corrected chi connectivity index (χ3v) is 6.88. The van der Waals surface area contributed by atoms with E-state index < -0.39 is 22.5 Å². The maximum Gasteiger partial charge on any atom is 0.264 e. The first-order valence-corrected chi connectivity index (χ1v) is 11.9. The number of hydrogen-bond donors (Lipinski definition) is 1. The molecule has 0 aromatic heterocycles. The third kappa shape index (κ3) is 5.74. The second kappa shape index (κ2) is 10.8. The van der Waals surface area contributed by atoms with Gasteiger partial charge in [-0.3, -0.25) is 9.10 Å². The highest BCUT2D eigenvalue weighted by Crippen LogP contribution is 2.27. The van der Waals surface area contributed by atoms with Crippen LogP contribution in [0.2, 0.25) is 0 Å². The third-order valence-electron chi connectivity index (χ3n) is 5.11. The number of amides is 1. The zero-order valence-electron chi connectivity index (χ0n) is 19.5. The van der Waals surface area contributed by atoms with Crippen LogP contribution in [-0.4, -0.2) is 41.3 Å². The van der Waals surface area contributed by atoms with Crippen molar-refractivity contribution in [1.82, 2.24) is 5.43 Å². The smallest absolute Gasteiger partial charge is 0.264 e. The average Bonchev–Trinajstić information content (AvgIpc) is 2.83. The predicted octanol–water partition coefficient (Wildman–Crippen LogP) is 3.67. The SMILES string of the molecule is COc1ccc(OC)c(/C=N/NC(=O)CN(c2ccccc2C)S(=O)(=O)c2ccc(C)cc2)c1. The van der Waals surface area contributed by atoms with Crippen molar-refractivity contribution in [2.24, 2.45) is 5.10 Å². The Balaban J connectivity index is 1.86. The van der Waals surface area contributed by atoms with Gasteiger partial charge in [0.2, 0.25) is 0 Å². The number of nitrogens with zero attached hydrogens (tertiary/aromatic N) is 2. The lowest BCUT2D eigenvalue weighted by molar-refractivity contribution is -0.119. The molecule has 0 unspecified atom stereocenters. The minimum atomic E-state index is -4.00. The molecule has 3 aromatic rings. The lowest BCUT2D eigenvalue weighted by atomic mass is 10.2. The molecule has 0 aliphatic carbocycles. The lowest BCUT2D eigenvalue weighted by Crippen LogP contribution is -2.40. The first-order chi connectivity index (χ1) is 16.3. The molecule has 0 bridgehead atoms. The van der Waals surface area contributed by atoms with E-state index in [2.05, 4.69) is 10.5 Å². The zero-order chi connectivity index (χ0) is 24.7. The molecule has 0 atom stereocenters. The van der Waals surface area contributed by atoms with E-state index in [1.165, 1.54) is 25.5 Å². The number of aryl methyl sites for hydroxylation is 2. The molecule has 9 heteroatoms. The maximum atomic E-state index is 13.5. The van der Waals surface area contributed by atoms with Crippen molar-refractivity contribution in [3.05, 3.63) is 83.4 Å². The van der Waals surface area contributed by atoms with Crippen molar-refractivity contribution in [3.63, 3.8) is 0 Å². The molecule has 0 heterocycles. The summed E-state index contributed by atoms with van der Waals surface area (Å²) in [6.45, 7) is 3.21. The molecular weight excluding hydrogens is 454 g/mol. The highest BCUT2D eigenvalue weighted by Gasteiger charge is 2.28. The van der Waals surface area contributed by atoms with Crippen LogP contribution in [0.1, 0.15) is 16.7 Å². The van der Waals surface area contributed by atoms with Crippen molar-refractivity contribution >= 4 is 27.8 Å². The zero-order valence-corrected chi connectivity index (χ0v) is 20.3. The molecule has 0 fully saturated rings. The van der Waals surface area contributed by atoms with E-state index in [4.69, 9.17) is 9.47 Å². The minimum Gasteiger partial charge on any atom is -0.497 e. The molecule has 1 amide bonds. The van der Waals surface area contributed by atoms with Crippen LogP contribution in [0.4, 0.5) is 5.69 Å². The van der Waals surface area contributed by atoms with Crippen molar-refractivity contribution in [3.8, 4) is 11.5 Å². The van der Waals surface area contributed by atoms with Crippen LogP contribution in [0.25, 0.3) is 0 Å². The van der Waals surface area contributed by atoms with Crippen LogP contribution in [0.15, 0.2) is 76.7 Å². The number of hydrogen-bond acceptors (Lipinski definition) is 6. The topological polar surface area (TPSA) is 97.3 Å². The maximum absolute atomic E-state index is 13.5. The van der Waals surface area contributed by atoms with E-state index in [1.807, 2.05) is 6.92 Å². The van der Waals surface area contributed by atoms with Gasteiger partial charge in [-0.15, -0.1) is 0 Å². The Kier molecular flexibility index (Phi) is 7.91. The van der Waals surface area contributed by atoms with Crippen LogP contribution in [0.3, 0.4) is 0 Å². The summed E-state index contributed by atoms with van der Waals surface area (Å²) in [5, 5.41) is 3.98. The largest absolute Gasteiger partial charge is 0.497 e. The Morgan fingerprint density at radius 3 is 2.35 bits per heavy atom. The standard InChI is InChI=1S/C25H27N3O5S/c1-18-9-12-22(13-10-18)34(30,31)28(23-8-6-5-7-19(23)2)17-25(29)27-26-16-20-15-21(32-3)11-14-24(20)33-4/h5-16H,17H2,1-4H3,(H,27,29)/b26-16+. The van der Waals surface area contributed by atoms with E-state index in [0.717, 1.165) is 15.4 Å². The molecule has 178 valence electrons. The first kappa shape index (κ1) is 24.8. The Bertz CT molecular complexity index is 1290. The van der Waals surface area contributed by atoms with Gasteiger partial charge in [0, 0.05) is 5.56 Å². The van der Waals surface area contributed by atoms with Crippen LogP contribution < -0.4 is 19.2 Å². The van der Waals surface area contributed by atoms with Gasteiger partial charge in [0.25, 0.3) is 15.9 Å². The van der Waals surface area contributed by atoms with Crippen LogP contribution in [0, 0.1) is 13.8 Å². The molecular formula is C25H27N3O5S. The number of anilines is 1. The monoisotopic (exact) mass is 481 g/mol. The normalized spacial score (nSPS) is 11.3. The average molecular weight is 482 g/mol. The summed E-state index contributed by atoms with van der Waals surface area (Å²) in [6.07, 6.45) is 1.41. The Labute approximate surface area is 199 Å². The summed E-state index contributed by atoms with van der Waals surface area (Å²) < 4.78 is 38.5. The number of carbonyl (C=O) groups is 1. The van der Waals surface area contributed by atoms with E-state index in [0.29, 0.717) is 22.7 Å². The number of sulfonamides is 1. The van der Waals surface area contributed by atoms with Gasteiger partial charge in [-0.05, 0) is 55.8 Å². The van der Waals surface area contributed by atoms with Crippen molar-refractivity contribution in [2.45, 2.75) is 18.7 Å². The lowest BCUT2D eigenvalue weighted by Gasteiger charge is -2.25. The number of methoxy groups -OCH3 is 2. The Hall–Kier alpha value is -3.85. The molecule has 0 aliphatic rings. The number of ether oxygens (including phenoxy) is 2. The van der Waals surface area contributed by atoms with Gasteiger partial charge >= 0.3 is 0 Å². The van der Waals surface area contributed by atoms with Crippen LogP contribution in [-0.2, 0) is 14.8 Å². The molecule has 0 spiro atoms. The van der Waals surface area contributed by atoms with Crippen molar-refractivity contribution < 1.29 is 22.7 Å². The fraction of sp³-hybridized carbons (Fsp3) is 0.200.